The number of aromatic nitrogens is 1. The highest BCUT2D eigenvalue weighted by Gasteiger charge is 2.24. The molecule has 8 nitrogen and oxygen atoms in total. The van der Waals surface area contributed by atoms with Gasteiger partial charge in [-0.25, -0.2) is 9.59 Å². The van der Waals surface area contributed by atoms with Crippen molar-refractivity contribution >= 4 is 12.1 Å². The van der Waals surface area contributed by atoms with Gasteiger partial charge in [-0.1, -0.05) is 36.4 Å². The Morgan fingerprint density at radius 1 is 1.03 bits per heavy atom. The number of carbonyl (C=O) groups is 2. The lowest BCUT2D eigenvalue weighted by Gasteiger charge is -2.29. The number of pyridine rings is 1. The Balaban J connectivity index is 1.66. The van der Waals surface area contributed by atoms with Crippen LogP contribution >= 0.6 is 0 Å². The fourth-order valence-corrected chi connectivity index (χ4v) is 4.04. The molecule has 2 aromatic carbocycles. The van der Waals surface area contributed by atoms with Crippen molar-refractivity contribution in [2.45, 2.75) is 65.3 Å². The fraction of sp³-hybridized carbons (Fsp3) is 0.387. The first-order chi connectivity index (χ1) is 18.4. The fourth-order valence-electron chi connectivity index (χ4n) is 4.04. The number of rotatable bonds is 11. The predicted molar refractivity (Wildman–Crippen MR) is 150 cm³/mol. The van der Waals surface area contributed by atoms with E-state index in [2.05, 4.69) is 4.98 Å². The summed E-state index contributed by atoms with van der Waals surface area (Å²) in [5.41, 5.74) is 3.03. The second kappa shape index (κ2) is 13.2. The van der Waals surface area contributed by atoms with Crippen molar-refractivity contribution < 1.29 is 29.3 Å². The van der Waals surface area contributed by atoms with Crippen molar-refractivity contribution in [2.24, 2.45) is 0 Å². The number of hydrogen-bond acceptors (Lipinski definition) is 6. The molecule has 0 saturated carbocycles. The zero-order chi connectivity index (χ0) is 28.6. The van der Waals surface area contributed by atoms with Gasteiger partial charge in [0.05, 0.1) is 18.8 Å². The first kappa shape index (κ1) is 29.6. The molecule has 2 N–H and O–H groups in total. The van der Waals surface area contributed by atoms with Gasteiger partial charge in [0.1, 0.15) is 16.9 Å². The number of carbonyl (C=O) groups excluding carboxylic acids is 1. The molecule has 0 unspecified atom stereocenters. The molecule has 0 aliphatic rings. The molecule has 0 spiro atoms. The summed E-state index contributed by atoms with van der Waals surface area (Å²) in [6.07, 6.45) is 3.14. The summed E-state index contributed by atoms with van der Waals surface area (Å²) in [4.78, 5) is 30.0. The number of ether oxygens (including phenoxy) is 2. The molecule has 0 aliphatic heterocycles. The average Bonchev–Trinajstić information content (AvgIpc) is 2.87. The molecule has 1 amide bonds. The molecule has 0 bridgehead atoms. The Kier molecular flexibility index (Phi) is 10.1. The number of hydrogen-bond donors (Lipinski definition) is 2. The molecule has 0 aliphatic carbocycles. The first-order valence-electron chi connectivity index (χ1n) is 13.1. The predicted octanol–water partition coefficient (Wildman–Crippen LogP) is 6.14. The monoisotopic (exact) mass is 534 g/mol. The zero-order valence-corrected chi connectivity index (χ0v) is 23.3. The molecule has 0 saturated heterocycles. The summed E-state index contributed by atoms with van der Waals surface area (Å²) in [5.74, 6) is -0.685. The number of aryl methyl sites for hydroxylation is 1. The minimum atomic E-state index is -1.03. The Morgan fingerprint density at radius 2 is 1.72 bits per heavy atom. The smallest absolute Gasteiger partial charge is 0.410 e. The summed E-state index contributed by atoms with van der Waals surface area (Å²) in [6.45, 7) is 9.68. The van der Waals surface area contributed by atoms with Crippen molar-refractivity contribution in [3.05, 3.63) is 83.7 Å². The summed E-state index contributed by atoms with van der Waals surface area (Å²) in [7, 11) is 0. The van der Waals surface area contributed by atoms with Crippen molar-refractivity contribution in [1.29, 1.82) is 0 Å². The van der Waals surface area contributed by atoms with E-state index in [1.807, 2.05) is 58.9 Å². The van der Waals surface area contributed by atoms with Crippen LogP contribution in [0.4, 0.5) is 4.79 Å². The van der Waals surface area contributed by atoms with E-state index in [0.717, 1.165) is 23.1 Å². The Bertz CT molecular complexity index is 1240. The number of amides is 1. The van der Waals surface area contributed by atoms with E-state index in [1.54, 1.807) is 42.7 Å². The lowest BCUT2D eigenvalue weighted by atomic mass is 10.00. The number of aliphatic hydroxyl groups excluding tert-OH is 1. The SMILES string of the molecule is CC(C)Oc1cc(-c2ccc(CCCN(C[C@H](O)c3cccnc3)C(=O)OC(C)(C)C)cc2)ccc1C(=O)O. The largest absolute Gasteiger partial charge is 0.490 e. The van der Waals surface area contributed by atoms with E-state index in [4.69, 9.17) is 9.47 Å². The van der Waals surface area contributed by atoms with Gasteiger partial charge in [0.2, 0.25) is 0 Å². The molecule has 39 heavy (non-hydrogen) atoms. The molecule has 0 radical (unpaired) electrons. The van der Waals surface area contributed by atoms with Crippen molar-refractivity contribution in [3.8, 4) is 16.9 Å². The minimum absolute atomic E-state index is 0.104. The molecule has 3 aromatic rings. The van der Waals surface area contributed by atoms with E-state index in [-0.39, 0.29) is 18.2 Å². The van der Waals surface area contributed by atoms with Crippen LogP contribution in [-0.4, -0.2) is 57.0 Å². The van der Waals surface area contributed by atoms with Crippen LogP contribution in [-0.2, 0) is 11.2 Å². The van der Waals surface area contributed by atoms with Crippen LogP contribution in [0.3, 0.4) is 0 Å². The van der Waals surface area contributed by atoms with Crippen LogP contribution in [0, 0.1) is 0 Å². The van der Waals surface area contributed by atoms with Gasteiger partial charge >= 0.3 is 12.1 Å². The summed E-state index contributed by atoms with van der Waals surface area (Å²) in [5, 5.41) is 20.1. The van der Waals surface area contributed by atoms with Crippen LogP contribution in [0.2, 0.25) is 0 Å². The zero-order valence-electron chi connectivity index (χ0n) is 23.3. The van der Waals surface area contributed by atoms with E-state index in [0.29, 0.717) is 24.3 Å². The van der Waals surface area contributed by atoms with E-state index in [1.165, 1.54) is 4.90 Å². The van der Waals surface area contributed by atoms with E-state index in [9.17, 15) is 19.8 Å². The number of aliphatic hydroxyl groups is 1. The van der Waals surface area contributed by atoms with Gasteiger partial charge in [0, 0.05) is 24.5 Å². The highest BCUT2D eigenvalue weighted by molar-refractivity contribution is 5.92. The van der Waals surface area contributed by atoms with Gasteiger partial charge in [-0.05, 0) is 82.3 Å². The first-order valence-corrected chi connectivity index (χ1v) is 13.1. The third-order valence-corrected chi connectivity index (χ3v) is 5.87. The summed E-state index contributed by atoms with van der Waals surface area (Å²) >= 11 is 0. The van der Waals surface area contributed by atoms with Crippen LogP contribution in [0.15, 0.2) is 67.0 Å². The topological polar surface area (TPSA) is 109 Å². The maximum atomic E-state index is 12.9. The molecule has 8 heteroatoms. The Labute approximate surface area is 230 Å². The van der Waals surface area contributed by atoms with Crippen molar-refractivity contribution in [1.82, 2.24) is 9.88 Å². The highest BCUT2D eigenvalue weighted by Crippen LogP contribution is 2.29. The minimum Gasteiger partial charge on any atom is -0.490 e. The molecule has 1 atom stereocenters. The van der Waals surface area contributed by atoms with E-state index < -0.39 is 23.8 Å². The molecular formula is C31H38N2O6. The van der Waals surface area contributed by atoms with Crippen molar-refractivity contribution in [3.63, 3.8) is 0 Å². The molecular weight excluding hydrogens is 496 g/mol. The number of carboxylic acids is 1. The van der Waals surface area contributed by atoms with Crippen LogP contribution in [0.1, 0.15) is 68.6 Å². The second-order valence-electron chi connectivity index (χ2n) is 10.7. The summed E-state index contributed by atoms with van der Waals surface area (Å²) < 4.78 is 11.3. The lowest BCUT2D eigenvalue weighted by Crippen LogP contribution is -2.40. The third-order valence-electron chi connectivity index (χ3n) is 5.87. The average molecular weight is 535 g/mol. The van der Waals surface area contributed by atoms with Gasteiger partial charge in [-0.2, -0.15) is 0 Å². The highest BCUT2D eigenvalue weighted by atomic mass is 16.6. The second-order valence-corrected chi connectivity index (χ2v) is 10.7. The summed E-state index contributed by atoms with van der Waals surface area (Å²) in [6, 6.07) is 16.6. The molecule has 1 heterocycles. The maximum Gasteiger partial charge on any atom is 0.410 e. The van der Waals surface area contributed by atoms with Crippen LogP contribution in [0.5, 0.6) is 5.75 Å². The Hall–Kier alpha value is -3.91. The molecule has 3 rings (SSSR count). The van der Waals surface area contributed by atoms with E-state index >= 15 is 0 Å². The standard InChI is InChI=1S/C31H38N2O6/c1-21(2)38-28-18-24(14-15-26(28)29(35)36)23-12-10-22(11-13-23)8-7-17-33(30(37)39-31(3,4)5)20-27(34)25-9-6-16-32-19-25/h6,9-16,18-19,21,27,34H,7-8,17,20H2,1-5H3,(H,35,36)/t27-/m0/s1. The quantitative estimate of drug-likeness (QED) is 0.304. The van der Waals surface area contributed by atoms with Gasteiger partial charge in [0.25, 0.3) is 0 Å². The number of benzene rings is 2. The lowest BCUT2D eigenvalue weighted by molar-refractivity contribution is 0.0141. The van der Waals surface area contributed by atoms with Gasteiger partial charge in [-0.3, -0.25) is 4.98 Å². The van der Waals surface area contributed by atoms with Crippen molar-refractivity contribution in [2.75, 3.05) is 13.1 Å². The van der Waals surface area contributed by atoms with Gasteiger partial charge in [0.15, 0.2) is 0 Å². The maximum absolute atomic E-state index is 12.9. The third kappa shape index (κ3) is 9.11. The number of nitrogens with zero attached hydrogens (tertiary/aromatic N) is 2. The van der Waals surface area contributed by atoms with Gasteiger partial charge in [-0.15, -0.1) is 0 Å². The number of carboxylic acid groups (broad SMARTS) is 1. The van der Waals surface area contributed by atoms with Crippen LogP contribution in [0.25, 0.3) is 11.1 Å². The molecule has 1 aromatic heterocycles. The molecule has 208 valence electrons. The van der Waals surface area contributed by atoms with Crippen LogP contribution < -0.4 is 4.74 Å². The Morgan fingerprint density at radius 3 is 2.31 bits per heavy atom. The normalized spacial score (nSPS) is 12.2. The molecule has 0 fully saturated rings. The van der Waals surface area contributed by atoms with Gasteiger partial charge < -0.3 is 24.6 Å². The number of aromatic carboxylic acids is 1.